The van der Waals surface area contributed by atoms with Gasteiger partial charge in [0.15, 0.2) is 5.22 Å². The molecule has 3 nitrogen and oxygen atoms in total. The molecule has 0 saturated heterocycles. The molecule has 0 fully saturated rings. The maximum absolute atomic E-state index is 5.76. The molecule has 0 aliphatic carbocycles. The summed E-state index contributed by atoms with van der Waals surface area (Å²) < 4.78 is 10.0. The third-order valence-electron chi connectivity index (χ3n) is 1.55. The molecule has 0 saturated carbocycles. The van der Waals surface area contributed by atoms with Gasteiger partial charge in [-0.2, -0.15) is 0 Å². The number of hydrogen-bond acceptors (Lipinski definition) is 3. The predicted molar refractivity (Wildman–Crippen MR) is 47.1 cm³/mol. The molecule has 1 unspecified atom stereocenters. The number of nitrogens with two attached hydrogens (primary N) is 1. The standard InChI is InChI=1S/C8H12ClNO2/c1-2-11-5-7(10)6-3-4-12-8(6)9/h3-4,7H,2,5,10H2,1H3. The van der Waals surface area contributed by atoms with Gasteiger partial charge in [-0.15, -0.1) is 0 Å². The quantitative estimate of drug-likeness (QED) is 0.788. The number of rotatable bonds is 4. The van der Waals surface area contributed by atoms with Gasteiger partial charge in [-0.3, -0.25) is 0 Å². The van der Waals surface area contributed by atoms with E-state index in [0.29, 0.717) is 18.4 Å². The van der Waals surface area contributed by atoms with Crippen molar-refractivity contribution in [3.63, 3.8) is 0 Å². The first-order valence-electron chi connectivity index (χ1n) is 3.82. The van der Waals surface area contributed by atoms with Gasteiger partial charge < -0.3 is 14.9 Å². The van der Waals surface area contributed by atoms with Crippen LogP contribution in [0.3, 0.4) is 0 Å². The summed E-state index contributed by atoms with van der Waals surface area (Å²) in [6.45, 7) is 3.04. The van der Waals surface area contributed by atoms with E-state index in [1.54, 1.807) is 6.07 Å². The maximum Gasteiger partial charge on any atom is 0.197 e. The van der Waals surface area contributed by atoms with Gasteiger partial charge >= 0.3 is 0 Å². The van der Waals surface area contributed by atoms with Gasteiger partial charge in [-0.05, 0) is 24.6 Å². The van der Waals surface area contributed by atoms with Gasteiger partial charge in [0.1, 0.15) is 0 Å². The summed E-state index contributed by atoms with van der Waals surface area (Å²) in [6, 6.07) is 1.56. The highest BCUT2D eigenvalue weighted by atomic mass is 35.5. The molecular weight excluding hydrogens is 178 g/mol. The Morgan fingerprint density at radius 3 is 3.00 bits per heavy atom. The van der Waals surface area contributed by atoms with Crippen LogP contribution in [0.1, 0.15) is 18.5 Å². The van der Waals surface area contributed by atoms with Crippen molar-refractivity contribution in [1.29, 1.82) is 0 Å². The van der Waals surface area contributed by atoms with Crippen molar-refractivity contribution in [2.24, 2.45) is 5.73 Å². The molecule has 0 aliphatic heterocycles. The molecule has 0 radical (unpaired) electrons. The molecular formula is C8H12ClNO2. The van der Waals surface area contributed by atoms with Crippen molar-refractivity contribution in [1.82, 2.24) is 0 Å². The lowest BCUT2D eigenvalue weighted by molar-refractivity contribution is 0.133. The van der Waals surface area contributed by atoms with Crippen LogP contribution in [-0.2, 0) is 4.74 Å². The Labute approximate surface area is 76.4 Å². The van der Waals surface area contributed by atoms with Crippen molar-refractivity contribution in [3.05, 3.63) is 23.1 Å². The molecule has 1 aromatic heterocycles. The van der Waals surface area contributed by atoms with E-state index < -0.39 is 0 Å². The van der Waals surface area contributed by atoms with Gasteiger partial charge in [0, 0.05) is 12.2 Å². The molecule has 68 valence electrons. The van der Waals surface area contributed by atoms with Gasteiger partial charge in [0.2, 0.25) is 0 Å². The smallest absolute Gasteiger partial charge is 0.197 e. The number of halogens is 1. The Hall–Kier alpha value is -0.510. The topological polar surface area (TPSA) is 48.4 Å². The van der Waals surface area contributed by atoms with E-state index >= 15 is 0 Å². The number of furan rings is 1. The monoisotopic (exact) mass is 189 g/mol. The van der Waals surface area contributed by atoms with Crippen molar-refractivity contribution < 1.29 is 9.15 Å². The SMILES string of the molecule is CCOCC(N)c1ccoc1Cl. The summed E-state index contributed by atoms with van der Waals surface area (Å²) in [4.78, 5) is 0. The highest BCUT2D eigenvalue weighted by molar-refractivity contribution is 6.29. The van der Waals surface area contributed by atoms with Crippen LogP contribution in [0.25, 0.3) is 0 Å². The minimum atomic E-state index is -0.198. The Bertz CT molecular complexity index is 237. The van der Waals surface area contributed by atoms with Crippen molar-refractivity contribution in [2.75, 3.05) is 13.2 Å². The Morgan fingerprint density at radius 2 is 2.50 bits per heavy atom. The molecule has 1 atom stereocenters. The zero-order valence-electron chi connectivity index (χ0n) is 6.92. The minimum absolute atomic E-state index is 0.198. The first-order valence-corrected chi connectivity index (χ1v) is 4.19. The zero-order chi connectivity index (χ0) is 8.97. The molecule has 0 aliphatic rings. The molecule has 0 aromatic carbocycles. The van der Waals surface area contributed by atoms with Crippen LogP contribution in [0.4, 0.5) is 0 Å². The summed E-state index contributed by atoms with van der Waals surface area (Å²) in [6.07, 6.45) is 1.52. The van der Waals surface area contributed by atoms with E-state index in [4.69, 9.17) is 26.5 Å². The molecule has 1 rings (SSSR count). The van der Waals surface area contributed by atoms with Gasteiger partial charge in [0.25, 0.3) is 0 Å². The first-order chi connectivity index (χ1) is 5.75. The van der Waals surface area contributed by atoms with E-state index in [0.717, 1.165) is 5.56 Å². The predicted octanol–water partition coefficient (Wildman–Crippen LogP) is 1.97. The molecule has 12 heavy (non-hydrogen) atoms. The zero-order valence-corrected chi connectivity index (χ0v) is 7.67. The molecule has 0 spiro atoms. The second-order valence-corrected chi connectivity index (χ2v) is 2.76. The summed E-state index contributed by atoms with van der Waals surface area (Å²) in [5.74, 6) is 0. The fraction of sp³-hybridized carbons (Fsp3) is 0.500. The summed E-state index contributed by atoms with van der Waals surface area (Å²) >= 11 is 5.71. The third-order valence-corrected chi connectivity index (χ3v) is 1.85. The lowest BCUT2D eigenvalue weighted by atomic mass is 10.2. The third kappa shape index (κ3) is 2.24. The van der Waals surface area contributed by atoms with E-state index in [2.05, 4.69) is 0 Å². The first kappa shape index (κ1) is 9.58. The average Bonchev–Trinajstić information content (AvgIpc) is 2.47. The molecule has 0 bridgehead atoms. The van der Waals surface area contributed by atoms with Crippen LogP contribution < -0.4 is 5.73 Å². The summed E-state index contributed by atoms with van der Waals surface area (Å²) in [5.41, 5.74) is 6.55. The fourth-order valence-corrected chi connectivity index (χ4v) is 1.16. The lowest BCUT2D eigenvalue weighted by Gasteiger charge is -2.08. The largest absolute Gasteiger partial charge is 0.453 e. The highest BCUT2D eigenvalue weighted by Gasteiger charge is 2.11. The van der Waals surface area contributed by atoms with Crippen LogP contribution >= 0.6 is 11.6 Å². The van der Waals surface area contributed by atoms with E-state index in [1.165, 1.54) is 6.26 Å². The van der Waals surface area contributed by atoms with Crippen molar-refractivity contribution in [2.45, 2.75) is 13.0 Å². The van der Waals surface area contributed by atoms with Gasteiger partial charge in [-0.1, -0.05) is 0 Å². The molecule has 0 amide bonds. The van der Waals surface area contributed by atoms with Crippen molar-refractivity contribution in [3.8, 4) is 0 Å². The van der Waals surface area contributed by atoms with Crippen molar-refractivity contribution >= 4 is 11.6 Å². The number of hydrogen-bond donors (Lipinski definition) is 1. The van der Waals surface area contributed by atoms with E-state index in [1.807, 2.05) is 6.92 Å². The minimum Gasteiger partial charge on any atom is -0.453 e. The molecule has 4 heteroatoms. The fourth-order valence-electron chi connectivity index (χ4n) is 0.905. The Balaban J connectivity index is 2.52. The second kappa shape index (κ2) is 4.50. The Kier molecular flexibility index (Phi) is 3.59. The van der Waals surface area contributed by atoms with E-state index in [-0.39, 0.29) is 6.04 Å². The summed E-state index contributed by atoms with van der Waals surface area (Å²) in [5, 5.41) is 0.349. The van der Waals surface area contributed by atoms with Gasteiger partial charge in [0.05, 0.1) is 18.9 Å². The van der Waals surface area contributed by atoms with Crippen LogP contribution in [0.5, 0.6) is 0 Å². The normalized spacial score (nSPS) is 13.2. The van der Waals surface area contributed by atoms with Crippen LogP contribution in [0, 0.1) is 0 Å². The molecule has 1 heterocycles. The van der Waals surface area contributed by atoms with Crippen LogP contribution in [-0.4, -0.2) is 13.2 Å². The average molecular weight is 190 g/mol. The van der Waals surface area contributed by atoms with Crippen LogP contribution in [0.2, 0.25) is 5.22 Å². The molecule has 2 N–H and O–H groups in total. The highest BCUT2D eigenvalue weighted by Crippen LogP contribution is 2.22. The van der Waals surface area contributed by atoms with Crippen LogP contribution in [0.15, 0.2) is 16.7 Å². The van der Waals surface area contributed by atoms with E-state index in [9.17, 15) is 0 Å². The Morgan fingerprint density at radius 1 is 1.75 bits per heavy atom. The second-order valence-electron chi connectivity index (χ2n) is 2.42. The molecule has 1 aromatic rings. The summed E-state index contributed by atoms with van der Waals surface area (Å²) in [7, 11) is 0. The van der Waals surface area contributed by atoms with Gasteiger partial charge in [-0.25, -0.2) is 0 Å². The lowest BCUT2D eigenvalue weighted by Crippen LogP contribution is -2.16. The maximum atomic E-state index is 5.76. The number of ether oxygens (including phenoxy) is 1.